The number of nitrogens with one attached hydrogen (secondary N) is 1. The molecular weight excluding hydrogens is 268 g/mol. The lowest BCUT2D eigenvalue weighted by Gasteiger charge is -2.02. The predicted molar refractivity (Wildman–Crippen MR) is 78.9 cm³/mol. The molecule has 0 atom stereocenters. The van der Waals surface area contributed by atoms with Gasteiger partial charge in [0.25, 0.3) is 0 Å². The van der Waals surface area contributed by atoms with E-state index in [0.29, 0.717) is 19.8 Å². The van der Waals surface area contributed by atoms with Crippen molar-refractivity contribution in [3.05, 3.63) is 41.4 Å². The van der Waals surface area contributed by atoms with Gasteiger partial charge in [0, 0.05) is 32.2 Å². The van der Waals surface area contributed by atoms with Gasteiger partial charge in [-0.1, -0.05) is 12.1 Å². The number of benzene rings is 1. The molecule has 0 bridgehead atoms. The third kappa shape index (κ3) is 3.50. The molecule has 5 heteroatoms. The van der Waals surface area contributed by atoms with E-state index in [2.05, 4.69) is 28.5 Å². The third-order valence-electron chi connectivity index (χ3n) is 3.56. The van der Waals surface area contributed by atoms with Crippen LogP contribution in [0.15, 0.2) is 28.8 Å². The summed E-state index contributed by atoms with van der Waals surface area (Å²) in [5, 5.41) is 3.28. The van der Waals surface area contributed by atoms with Crippen LogP contribution in [0.3, 0.4) is 0 Å². The normalized spacial score (nSPS) is 13.6. The van der Waals surface area contributed by atoms with Crippen molar-refractivity contribution in [2.24, 2.45) is 0 Å². The molecule has 0 unspecified atom stereocenters. The third-order valence-corrected chi connectivity index (χ3v) is 3.56. The molecule has 21 heavy (non-hydrogen) atoms. The topological polar surface area (TPSA) is 56.5 Å². The Labute approximate surface area is 124 Å². The first-order valence-corrected chi connectivity index (χ1v) is 7.21. The highest BCUT2D eigenvalue weighted by atomic mass is 16.5. The molecule has 5 nitrogen and oxygen atoms in total. The van der Waals surface area contributed by atoms with Gasteiger partial charge >= 0.3 is 0 Å². The molecular formula is C16H20N2O3. The minimum absolute atomic E-state index is 0.688. The van der Waals surface area contributed by atoms with Crippen LogP contribution in [0.25, 0.3) is 11.3 Å². The summed E-state index contributed by atoms with van der Waals surface area (Å²) in [5.41, 5.74) is 3.57. The van der Waals surface area contributed by atoms with Crippen molar-refractivity contribution < 1.29 is 13.9 Å². The molecule has 1 N–H and O–H groups in total. The largest absolute Gasteiger partial charge is 0.441 e. The van der Waals surface area contributed by atoms with Gasteiger partial charge in [0.15, 0.2) is 11.7 Å². The molecule has 1 aromatic heterocycles. The summed E-state index contributed by atoms with van der Waals surface area (Å²) in [7, 11) is 1.70. The van der Waals surface area contributed by atoms with Gasteiger partial charge in [-0.2, -0.15) is 0 Å². The summed E-state index contributed by atoms with van der Waals surface area (Å²) < 4.78 is 16.2. The lowest BCUT2D eigenvalue weighted by Crippen LogP contribution is -2.21. The van der Waals surface area contributed by atoms with E-state index in [1.807, 2.05) is 0 Å². The second-order valence-corrected chi connectivity index (χ2v) is 5.09. The van der Waals surface area contributed by atoms with E-state index >= 15 is 0 Å². The van der Waals surface area contributed by atoms with E-state index in [0.717, 1.165) is 36.7 Å². The number of oxazole rings is 1. The van der Waals surface area contributed by atoms with Gasteiger partial charge in [-0.15, -0.1) is 0 Å². The Bertz CT molecular complexity index is 595. The maximum absolute atomic E-state index is 5.81. The Balaban J connectivity index is 1.59. The summed E-state index contributed by atoms with van der Waals surface area (Å²) in [6, 6.07) is 6.30. The fourth-order valence-electron chi connectivity index (χ4n) is 2.38. The van der Waals surface area contributed by atoms with Crippen LogP contribution >= 0.6 is 0 Å². The molecule has 0 saturated carbocycles. The van der Waals surface area contributed by atoms with E-state index in [4.69, 9.17) is 13.9 Å². The summed E-state index contributed by atoms with van der Waals surface area (Å²) in [6.45, 7) is 3.79. The van der Waals surface area contributed by atoms with Gasteiger partial charge in [0.2, 0.25) is 0 Å². The molecule has 2 aromatic rings. The van der Waals surface area contributed by atoms with Crippen LogP contribution in [0.4, 0.5) is 0 Å². The number of fused-ring (bicyclic) bond motifs is 1. The molecule has 1 aliphatic heterocycles. The molecule has 112 valence electrons. The number of hydrogen-bond donors (Lipinski definition) is 1. The van der Waals surface area contributed by atoms with Crippen LogP contribution in [0.5, 0.6) is 0 Å². The van der Waals surface area contributed by atoms with E-state index in [9.17, 15) is 0 Å². The maximum Gasteiger partial charge on any atom is 0.196 e. The minimum atomic E-state index is 0.688. The molecule has 0 radical (unpaired) electrons. The Hall–Kier alpha value is -1.69. The fourth-order valence-corrected chi connectivity index (χ4v) is 2.38. The van der Waals surface area contributed by atoms with Crippen molar-refractivity contribution in [2.75, 3.05) is 26.8 Å². The number of nitrogens with zero attached hydrogens (tertiary/aromatic N) is 1. The van der Waals surface area contributed by atoms with Gasteiger partial charge in [-0.05, 0) is 17.2 Å². The highest BCUT2D eigenvalue weighted by molar-refractivity contribution is 5.59. The van der Waals surface area contributed by atoms with Gasteiger partial charge in [0.05, 0.1) is 26.0 Å². The van der Waals surface area contributed by atoms with Gasteiger partial charge in [0.1, 0.15) is 0 Å². The smallest absolute Gasteiger partial charge is 0.196 e. The first-order valence-electron chi connectivity index (χ1n) is 7.21. The number of hydrogen-bond acceptors (Lipinski definition) is 5. The van der Waals surface area contributed by atoms with Crippen LogP contribution < -0.4 is 5.32 Å². The van der Waals surface area contributed by atoms with Crippen LogP contribution in [0, 0.1) is 0 Å². The molecule has 0 aliphatic carbocycles. The Morgan fingerprint density at radius 3 is 3.05 bits per heavy atom. The lowest BCUT2D eigenvalue weighted by atomic mass is 10.1. The zero-order chi connectivity index (χ0) is 14.5. The average molecular weight is 288 g/mol. The van der Waals surface area contributed by atoms with Crippen LogP contribution in [0.1, 0.15) is 17.0 Å². The van der Waals surface area contributed by atoms with E-state index < -0.39 is 0 Å². The second-order valence-electron chi connectivity index (χ2n) is 5.09. The maximum atomic E-state index is 5.81. The molecule has 3 rings (SSSR count). The van der Waals surface area contributed by atoms with Gasteiger partial charge in [-0.3, -0.25) is 0 Å². The fraction of sp³-hybridized carbons (Fsp3) is 0.438. The number of aromatic nitrogens is 1. The summed E-state index contributed by atoms with van der Waals surface area (Å²) in [5.74, 6) is 1.57. The Morgan fingerprint density at radius 2 is 2.14 bits per heavy atom. The summed E-state index contributed by atoms with van der Waals surface area (Å²) in [6.07, 6.45) is 2.57. The molecule has 0 fully saturated rings. The van der Waals surface area contributed by atoms with E-state index in [1.165, 1.54) is 11.1 Å². The van der Waals surface area contributed by atoms with Crippen LogP contribution in [-0.2, 0) is 29.1 Å². The van der Waals surface area contributed by atoms with E-state index in [-0.39, 0.29) is 0 Å². The monoisotopic (exact) mass is 288 g/mol. The molecule has 0 spiro atoms. The quantitative estimate of drug-likeness (QED) is 0.791. The first-order chi connectivity index (χ1) is 10.4. The summed E-state index contributed by atoms with van der Waals surface area (Å²) in [4.78, 5) is 4.33. The molecule has 1 aromatic carbocycles. The SMILES string of the molecule is COCCNCCc1ncc(-c2ccc3c(c2)COC3)o1. The van der Waals surface area contributed by atoms with Crippen LogP contribution in [-0.4, -0.2) is 31.8 Å². The van der Waals surface area contributed by atoms with Crippen molar-refractivity contribution in [3.63, 3.8) is 0 Å². The average Bonchev–Trinajstić information content (AvgIpc) is 3.15. The number of ether oxygens (including phenoxy) is 2. The molecule has 1 aliphatic rings. The Kier molecular flexibility index (Phi) is 4.65. The van der Waals surface area contributed by atoms with Gasteiger partial charge < -0.3 is 19.2 Å². The second kappa shape index (κ2) is 6.85. The number of methoxy groups -OCH3 is 1. The standard InChI is InChI=1S/C16H20N2O3/c1-19-7-6-17-5-4-16-18-9-15(21-16)12-2-3-13-10-20-11-14(13)8-12/h2-3,8-9,17H,4-7,10-11H2,1H3. The van der Waals surface area contributed by atoms with E-state index in [1.54, 1.807) is 13.3 Å². The highest BCUT2D eigenvalue weighted by Gasteiger charge is 2.13. The molecule has 0 saturated heterocycles. The number of rotatable bonds is 7. The predicted octanol–water partition coefficient (Wildman–Crippen LogP) is 2.15. The zero-order valence-corrected chi connectivity index (χ0v) is 12.2. The van der Waals surface area contributed by atoms with Crippen molar-refractivity contribution in [3.8, 4) is 11.3 Å². The first kappa shape index (κ1) is 14.3. The summed E-state index contributed by atoms with van der Waals surface area (Å²) >= 11 is 0. The molecule has 2 heterocycles. The van der Waals surface area contributed by atoms with Crippen LogP contribution in [0.2, 0.25) is 0 Å². The van der Waals surface area contributed by atoms with Crippen molar-refractivity contribution in [2.45, 2.75) is 19.6 Å². The van der Waals surface area contributed by atoms with Crippen molar-refractivity contribution >= 4 is 0 Å². The van der Waals surface area contributed by atoms with Crippen molar-refractivity contribution in [1.82, 2.24) is 10.3 Å². The van der Waals surface area contributed by atoms with Crippen molar-refractivity contribution in [1.29, 1.82) is 0 Å². The molecule has 0 amide bonds. The lowest BCUT2D eigenvalue weighted by molar-refractivity contribution is 0.134. The van der Waals surface area contributed by atoms with Gasteiger partial charge in [-0.25, -0.2) is 4.98 Å². The zero-order valence-electron chi connectivity index (χ0n) is 12.2. The highest BCUT2D eigenvalue weighted by Crippen LogP contribution is 2.27. The minimum Gasteiger partial charge on any atom is -0.441 e. The Morgan fingerprint density at radius 1 is 1.24 bits per heavy atom.